The third kappa shape index (κ3) is 3.41. The molecule has 24 heavy (non-hydrogen) atoms. The minimum atomic E-state index is -4.50. The number of halogens is 3. The van der Waals surface area contributed by atoms with Crippen LogP contribution in [0.1, 0.15) is 35.5 Å². The molecule has 2 aromatic rings. The second-order valence-electron chi connectivity index (χ2n) is 5.74. The molecule has 0 bridgehead atoms. The summed E-state index contributed by atoms with van der Waals surface area (Å²) in [6, 6.07) is 0. The fraction of sp³-hybridized carbons (Fsp3) is 0.571. The number of nitrogens with one attached hydrogen (secondary N) is 1. The minimum absolute atomic E-state index is 0.169. The van der Waals surface area contributed by atoms with Crippen molar-refractivity contribution in [1.82, 2.24) is 30.1 Å². The van der Waals surface area contributed by atoms with Crippen LogP contribution in [0.4, 0.5) is 13.2 Å². The zero-order chi connectivity index (χ0) is 17.3. The number of aromatic nitrogens is 5. The summed E-state index contributed by atoms with van der Waals surface area (Å²) in [4.78, 5) is 13.4. The number of alkyl halides is 3. The number of hydrogen-bond acceptors (Lipinski definition) is 4. The van der Waals surface area contributed by atoms with Crippen LogP contribution in [0.2, 0.25) is 0 Å². The van der Waals surface area contributed by atoms with Gasteiger partial charge in [0, 0.05) is 18.3 Å². The predicted octanol–water partition coefficient (Wildman–Crippen LogP) is 1.23. The smallest absolute Gasteiger partial charge is 0.349 e. The van der Waals surface area contributed by atoms with Crippen molar-refractivity contribution in [3.63, 3.8) is 0 Å². The molecule has 0 fully saturated rings. The first kappa shape index (κ1) is 16.5. The Hall–Kier alpha value is -2.39. The number of carbonyl (C=O) groups excluding carboxylic acids is 1. The molecule has 0 saturated carbocycles. The average Bonchev–Trinajstić information content (AvgIpc) is 3.09. The SMILES string of the molecule is Cn1ncc(CNC(=O)Cn2nc(C(F)(F)F)c3c2CCCC3)n1. The van der Waals surface area contributed by atoms with E-state index in [0.29, 0.717) is 30.7 Å². The Morgan fingerprint density at radius 2 is 2.04 bits per heavy atom. The zero-order valence-electron chi connectivity index (χ0n) is 13.1. The molecular weight excluding hydrogens is 325 g/mol. The van der Waals surface area contributed by atoms with E-state index in [-0.39, 0.29) is 18.7 Å². The Kier molecular flexibility index (Phi) is 4.29. The Labute approximate surface area is 135 Å². The number of fused-ring (bicyclic) bond motifs is 1. The molecule has 0 aliphatic heterocycles. The van der Waals surface area contributed by atoms with Crippen LogP contribution in [0.15, 0.2) is 6.20 Å². The fourth-order valence-electron chi connectivity index (χ4n) is 2.88. The summed E-state index contributed by atoms with van der Waals surface area (Å²) in [6.45, 7) is -0.0685. The number of aryl methyl sites for hydroxylation is 1. The van der Waals surface area contributed by atoms with Crippen LogP contribution in [0.25, 0.3) is 0 Å². The van der Waals surface area contributed by atoms with Crippen molar-refractivity contribution in [2.45, 2.75) is 44.9 Å². The molecule has 0 radical (unpaired) electrons. The molecule has 1 amide bonds. The standard InChI is InChI=1S/C14H17F3N6O/c1-22-19-7-9(20-22)6-18-12(24)8-23-11-5-3-2-4-10(11)13(21-23)14(15,16)17/h7H,2-6,8H2,1H3,(H,18,24). The lowest BCUT2D eigenvalue weighted by molar-refractivity contribution is -0.142. The Morgan fingerprint density at radius 3 is 2.71 bits per heavy atom. The van der Waals surface area contributed by atoms with Gasteiger partial charge in [0.05, 0.1) is 12.7 Å². The van der Waals surface area contributed by atoms with Gasteiger partial charge in [0.1, 0.15) is 12.2 Å². The number of rotatable bonds is 4. The van der Waals surface area contributed by atoms with Crippen LogP contribution in [0.3, 0.4) is 0 Å². The number of nitrogens with zero attached hydrogens (tertiary/aromatic N) is 5. The first-order chi connectivity index (χ1) is 11.3. The molecule has 10 heteroatoms. The predicted molar refractivity (Wildman–Crippen MR) is 76.7 cm³/mol. The summed E-state index contributed by atoms with van der Waals surface area (Å²) in [5.74, 6) is -0.412. The topological polar surface area (TPSA) is 77.6 Å². The quantitative estimate of drug-likeness (QED) is 0.906. The highest BCUT2D eigenvalue weighted by atomic mass is 19.4. The van der Waals surface area contributed by atoms with Gasteiger partial charge in [0.25, 0.3) is 0 Å². The van der Waals surface area contributed by atoms with Gasteiger partial charge in [-0.15, -0.1) is 0 Å². The van der Waals surface area contributed by atoms with Crippen molar-refractivity contribution in [3.05, 3.63) is 28.8 Å². The summed E-state index contributed by atoms with van der Waals surface area (Å²) in [7, 11) is 1.65. The van der Waals surface area contributed by atoms with Gasteiger partial charge in [-0.3, -0.25) is 9.48 Å². The summed E-state index contributed by atoms with van der Waals surface area (Å²) in [6.07, 6.45) is -0.611. The second-order valence-corrected chi connectivity index (χ2v) is 5.74. The summed E-state index contributed by atoms with van der Waals surface area (Å²) in [5, 5.41) is 14.2. The highest BCUT2D eigenvalue weighted by molar-refractivity contribution is 5.75. The molecular formula is C14H17F3N6O. The Morgan fingerprint density at radius 1 is 1.29 bits per heavy atom. The molecule has 0 spiro atoms. The maximum atomic E-state index is 13.1. The van der Waals surface area contributed by atoms with E-state index in [2.05, 4.69) is 20.6 Å². The molecule has 7 nitrogen and oxygen atoms in total. The average molecular weight is 342 g/mol. The van der Waals surface area contributed by atoms with E-state index in [1.54, 1.807) is 7.05 Å². The lowest BCUT2D eigenvalue weighted by Gasteiger charge is -2.14. The van der Waals surface area contributed by atoms with Crippen molar-refractivity contribution in [2.24, 2.45) is 7.05 Å². The van der Waals surface area contributed by atoms with Crippen LogP contribution in [0, 0.1) is 0 Å². The highest BCUT2D eigenvalue weighted by Crippen LogP contribution is 2.35. The monoisotopic (exact) mass is 342 g/mol. The Balaban J connectivity index is 1.72. The van der Waals surface area contributed by atoms with Gasteiger partial charge in [-0.2, -0.15) is 33.3 Å². The van der Waals surface area contributed by atoms with Gasteiger partial charge in [-0.05, 0) is 25.7 Å². The Bertz CT molecular complexity index is 748. The first-order valence-electron chi connectivity index (χ1n) is 7.62. The normalized spacial score (nSPS) is 14.5. The maximum Gasteiger partial charge on any atom is 0.435 e. The minimum Gasteiger partial charge on any atom is -0.349 e. The van der Waals surface area contributed by atoms with Crippen LogP contribution >= 0.6 is 0 Å². The first-order valence-corrected chi connectivity index (χ1v) is 7.62. The fourth-order valence-corrected chi connectivity index (χ4v) is 2.88. The molecule has 1 N–H and O–H groups in total. The third-order valence-electron chi connectivity index (χ3n) is 3.93. The highest BCUT2D eigenvalue weighted by Gasteiger charge is 2.39. The van der Waals surface area contributed by atoms with Gasteiger partial charge >= 0.3 is 6.18 Å². The van der Waals surface area contributed by atoms with E-state index in [1.807, 2.05) is 0 Å². The molecule has 2 aromatic heterocycles. The van der Waals surface area contributed by atoms with Crippen molar-refractivity contribution in [1.29, 1.82) is 0 Å². The lowest BCUT2D eigenvalue weighted by atomic mass is 9.95. The van der Waals surface area contributed by atoms with Crippen molar-refractivity contribution >= 4 is 5.91 Å². The second kappa shape index (κ2) is 6.25. The molecule has 130 valence electrons. The largest absolute Gasteiger partial charge is 0.435 e. The van der Waals surface area contributed by atoms with Gasteiger partial charge in [-0.1, -0.05) is 0 Å². The number of amides is 1. The maximum absolute atomic E-state index is 13.1. The number of hydrogen-bond donors (Lipinski definition) is 1. The van der Waals surface area contributed by atoms with Crippen LogP contribution in [0.5, 0.6) is 0 Å². The zero-order valence-corrected chi connectivity index (χ0v) is 13.1. The summed E-state index contributed by atoms with van der Waals surface area (Å²) < 4.78 is 40.5. The molecule has 0 atom stereocenters. The molecule has 1 aliphatic rings. The van der Waals surface area contributed by atoms with E-state index < -0.39 is 17.8 Å². The van der Waals surface area contributed by atoms with E-state index in [9.17, 15) is 18.0 Å². The van der Waals surface area contributed by atoms with Gasteiger partial charge in [0.15, 0.2) is 5.69 Å². The molecule has 3 rings (SSSR count). The molecule has 0 saturated heterocycles. The molecule has 2 heterocycles. The molecule has 0 unspecified atom stereocenters. The van der Waals surface area contributed by atoms with Gasteiger partial charge in [0.2, 0.25) is 5.91 Å². The van der Waals surface area contributed by atoms with E-state index in [0.717, 1.165) is 6.42 Å². The van der Waals surface area contributed by atoms with Crippen molar-refractivity contribution in [3.8, 4) is 0 Å². The van der Waals surface area contributed by atoms with E-state index in [1.165, 1.54) is 15.7 Å². The lowest BCUT2D eigenvalue weighted by Crippen LogP contribution is -2.28. The van der Waals surface area contributed by atoms with Crippen LogP contribution < -0.4 is 5.32 Å². The number of carbonyl (C=O) groups is 1. The third-order valence-corrected chi connectivity index (χ3v) is 3.93. The van der Waals surface area contributed by atoms with Crippen molar-refractivity contribution in [2.75, 3.05) is 0 Å². The van der Waals surface area contributed by atoms with Gasteiger partial charge < -0.3 is 5.32 Å². The van der Waals surface area contributed by atoms with Crippen LogP contribution in [-0.2, 0) is 43.9 Å². The summed E-state index contributed by atoms with van der Waals surface area (Å²) >= 11 is 0. The van der Waals surface area contributed by atoms with Gasteiger partial charge in [-0.25, -0.2) is 0 Å². The van der Waals surface area contributed by atoms with E-state index >= 15 is 0 Å². The van der Waals surface area contributed by atoms with E-state index in [4.69, 9.17) is 0 Å². The molecule has 1 aliphatic carbocycles. The van der Waals surface area contributed by atoms with Crippen LogP contribution in [-0.4, -0.2) is 30.7 Å². The molecule has 0 aromatic carbocycles. The van der Waals surface area contributed by atoms with Crippen molar-refractivity contribution < 1.29 is 18.0 Å². The summed E-state index contributed by atoms with van der Waals surface area (Å²) in [5.41, 5.74) is 0.460.